The molecule has 2 unspecified atom stereocenters. The van der Waals surface area contributed by atoms with Crippen molar-refractivity contribution in [2.45, 2.75) is 38.1 Å². The predicted octanol–water partition coefficient (Wildman–Crippen LogP) is 3.88. The smallest absolute Gasteiger partial charge is 0.257 e. The summed E-state index contributed by atoms with van der Waals surface area (Å²) in [6, 6.07) is 4.49. The van der Waals surface area contributed by atoms with Gasteiger partial charge in [0.2, 0.25) is 0 Å². The summed E-state index contributed by atoms with van der Waals surface area (Å²) >= 11 is 5.87. The minimum absolute atomic E-state index is 0.111. The van der Waals surface area contributed by atoms with Gasteiger partial charge in [-0.3, -0.25) is 4.79 Å². The molecule has 2 aliphatic rings. The maximum absolute atomic E-state index is 13.8. The Morgan fingerprint density at radius 2 is 2.05 bits per heavy atom. The van der Waals surface area contributed by atoms with Crippen molar-refractivity contribution in [1.82, 2.24) is 4.90 Å². The first kappa shape index (κ1) is 12.9. The predicted molar refractivity (Wildman–Crippen MR) is 72.8 cm³/mol. The monoisotopic (exact) mass is 281 g/mol. The van der Waals surface area contributed by atoms with Crippen LogP contribution >= 0.6 is 11.6 Å². The number of benzene rings is 1. The standard InChI is InChI=1S/C15H17ClFNO/c16-11-6-7-13(17)12(9-11)15(19)18-8-2-4-10-3-1-5-14(10)18/h6-7,9-10,14H,1-5,8H2. The highest BCUT2D eigenvalue weighted by atomic mass is 35.5. The van der Waals surface area contributed by atoms with Crippen molar-refractivity contribution in [1.29, 1.82) is 0 Å². The Bertz CT molecular complexity index is 505. The molecule has 0 aromatic heterocycles. The van der Waals surface area contributed by atoms with Gasteiger partial charge in [0, 0.05) is 17.6 Å². The zero-order chi connectivity index (χ0) is 13.4. The minimum atomic E-state index is -0.477. The largest absolute Gasteiger partial charge is 0.335 e. The van der Waals surface area contributed by atoms with E-state index in [0.717, 1.165) is 19.4 Å². The molecule has 4 heteroatoms. The number of amides is 1. The Kier molecular flexibility index (Phi) is 3.48. The van der Waals surface area contributed by atoms with E-state index in [4.69, 9.17) is 11.6 Å². The molecule has 19 heavy (non-hydrogen) atoms. The van der Waals surface area contributed by atoms with Crippen LogP contribution in [0.4, 0.5) is 4.39 Å². The van der Waals surface area contributed by atoms with Gasteiger partial charge >= 0.3 is 0 Å². The number of carbonyl (C=O) groups is 1. The lowest BCUT2D eigenvalue weighted by molar-refractivity contribution is 0.0543. The van der Waals surface area contributed by atoms with Gasteiger partial charge in [-0.1, -0.05) is 18.0 Å². The molecular weight excluding hydrogens is 265 g/mol. The fraction of sp³-hybridized carbons (Fsp3) is 0.533. The van der Waals surface area contributed by atoms with E-state index in [9.17, 15) is 9.18 Å². The van der Waals surface area contributed by atoms with Crippen LogP contribution in [0.1, 0.15) is 42.5 Å². The third-order valence-corrected chi connectivity index (χ3v) is 4.65. The van der Waals surface area contributed by atoms with E-state index in [0.29, 0.717) is 17.0 Å². The van der Waals surface area contributed by atoms with Gasteiger partial charge in [-0.15, -0.1) is 0 Å². The highest BCUT2D eigenvalue weighted by molar-refractivity contribution is 6.31. The van der Waals surface area contributed by atoms with Crippen molar-refractivity contribution in [3.05, 3.63) is 34.6 Å². The number of hydrogen-bond donors (Lipinski definition) is 0. The molecule has 1 aromatic rings. The van der Waals surface area contributed by atoms with Gasteiger partial charge in [0.25, 0.3) is 5.91 Å². The average molecular weight is 282 g/mol. The van der Waals surface area contributed by atoms with E-state index in [2.05, 4.69) is 0 Å². The molecule has 3 rings (SSSR count). The van der Waals surface area contributed by atoms with Gasteiger partial charge in [-0.05, 0) is 49.8 Å². The molecule has 1 heterocycles. The summed E-state index contributed by atoms with van der Waals surface area (Å²) < 4.78 is 13.8. The summed E-state index contributed by atoms with van der Waals surface area (Å²) in [5, 5.41) is 0.407. The Hall–Kier alpha value is -1.09. The lowest BCUT2D eigenvalue weighted by atomic mass is 9.91. The second kappa shape index (κ2) is 5.12. The summed E-state index contributed by atoms with van der Waals surface area (Å²) in [6.07, 6.45) is 5.66. The summed E-state index contributed by atoms with van der Waals surface area (Å²) in [6.45, 7) is 0.742. The van der Waals surface area contributed by atoms with E-state index in [1.54, 1.807) is 0 Å². The molecule has 1 amide bonds. The number of rotatable bonds is 1. The van der Waals surface area contributed by atoms with E-state index in [1.807, 2.05) is 4.90 Å². The van der Waals surface area contributed by atoms with Crippen LogP contribution in [0, 0.1) is 11.7 Å². The lowest BCUT2D eigenvalue weighted by Gasteiger charge is -2.37. The third-order valence-electron chi connectivity index (χ3n) is 4.41. The van der Waals surface area contributed by atoms with Crippen LogP contribution in [0.2, 0.25) is 5.02 Å². The molecule has 0 radical (unpaired) electrons. The normalized spacial score (nSPS) is 26.3. The number of fused-ring (bicyclic) bond motifs is 1. The molecule has 0 spiro atoms. The topological polar surface area (TPSA) is 20.3 Å². The molecule has 2 fully saturated rings. The van der Waals surface area contributed by atoms with Gasteiger partial charge in [-0.25, -0.2) is 4.39 Å². The van der Waals surface area contributed by atoms with Crippen LogP contribution in [0.15, 0.2) is 18.2 Å². The van der Waals surface area contributed by atoms with Gasteiger partial charge in [0.1, 0.15) is 5.82 Å². The Morgan fingerprint density at radius 3 is 2.89 bits per heavy atom. The van der Waals surface area contributed by atoms with Crippen LogP contribution in [0.25, 0.3) is 0 Å². The number of nitrogens with zero attached hydrogens (tertiary/aromatic N) is 1. The lowest BCUT2D eigenvalue weighted by Crippen LogP contribution is -2.46. The highest BCUT2D eigenvalue weighted by Crippen LogP contribution is 2.37. The minimum Gasteiger partial charge on any atom is -0.335 e. The number of hydrogen-bond acceptors (Lipinski definition) is 1. The quantitative estimate of drug-likeness (QED) is 0.765. The first-order chi connectivity index (χ1) is 9.16. The summed E-state index contributed by atoms with van der Waals surface area (Å²) in [5.74, 6) is -0.0638. The van der Waals surface area contributed by atoms with Crippen LogP contribution in [-0.4, -0.2) is 23.4 Å². The molecular formula is C15H17ClFNO. The zero-order valence-corrected chi connectivity index (χ0v) is 11.5. The van der Waals surface area contributed by atoms with Crippen molar-refractivity contribution in [3.8, 4) is 0 Å². The van der Waals surface area contributed by atoms with Gasteiger partial charge in [-0.2, -0.15) is 0 Å². The Morgan fingerprint density at radius 1 is 1.26 bits per heavy atom. The van der Waals surface area contributed by atoms with Crippen molar-refractivity contribution < 1.29 is 9.18 Å². The summed E-state index contributed by atoms with van der Waals surface area (Å²) in [7, 11) is 0. The van der Waals surface area contributed by atoms with Gasteiger partial charge in [0.15, 0.2) is 0 Å². The zero-order valence-electron chi connectivity index (χ0n) is 10.7. The maximum atomic E-state index is 13.8. The molecule has 2 nitrogen and oxygen atoms in total. The van der Waals surface area contributed by atoms with E-state index in [1.165, 1.54) is 37.5 Å². The number of likely N-dealkylation sites (tertiary alicyclic amines) is 1. The Balaban J connectivity index is 1.88. The fourth-order valence-electron chi connectivity index (χ4n) is 3.52. The maximum Gasteiger partial charge on any atom is 0.257 e. The number of carbonyl (C=O) groups excluding carboxylic acids is 1. The Labute approximate surface area is 117 Å². The second-order valence-corrected chi connectivity index (χ2v) is 5.96. The van der Waals surface area contributed by atoms with Crippen LogP contribution in [0.3, 0.4) is 0 Å². The fourth-order valence-corrected chi connectivity index (χ4v) is 3.69. The van der Waals surface area contributed by atoms with Crippen molar-refractivity contribution in [2.24, 2.45) is 5.92 Å². The molecule has 102 valence electrons. The summed E-state index contributed by atoms with van der Waals surface area (Å²) in [4.78, 5) is 14.4. The van der Waals surface area contributed by atoms with Crippen LogP contribution < -0.4 is 0 Å². The number of halogens is 2. The molecule has 1 saturated heterocycles. The molecule has 0 bridgehead atoms. The first-order valence-corrected chi connectivity index (χ1v) is 7.30. The molecule has 1 saturated carbocycles. The van der Waals surface area contributed by atoms with E-state index >= 15 is 0 Å². The van der Waals surface area contributed by atoms with E-state index in [-0.39, 0.29) is 11.5 Å². The van der Waals surface area contributed by atoms with Crippen LogP contribution in [0.5, 0.6) is 0 Å². The second-order valence-electron chi connectivity index (χ2n) is 5.52. The van der Waals surface area contributed by atoms with E-state index < -0.39 is 5.82 Å². The molecule has 1 aliphatic carbocycles. The number of piperidine rings is 1. The van der Waals surface area contributed by atoms with Gasteiger partial charge < -0.3 is 4.90 Å². The summed E-state index contributed by atoms with van der Waals surface area (Å²) in [5.41, 5.74) is 0.111. The molecule has 1 aliphatic heterocycles. The third kappa shape index (κ3) is 2.36. The highest BCUT2D eigenvalue weighted by Gasteiger charge is 2.38. The molecule has 0 N–H and O–H groups in total. The van der Waals surface area contributed by atoms with Crippen molar-refractivity contribution >= 4 is 17.5 Å². The SMILES string of the molecule is O=C(c1cc(Cl)ccc1F)N1CCCC2CCCC21. The first-order valence-electron chi connectivity index (χ1n) is 6.93. The molecule has 1 aromatic carbocycles. The van der Waals surface area contributed by atoms with Crippen molar-refractivity contribution in [2.75, 3.05) is 6.54 Å². The average Bonchev–Trinajstić information content (AvgIpc) is 2.89. The molecule has 2 atom stereocenters. The van der Waals surface area contributed by atoms with Gasteiger partial charge in [0.05, 0.1) is 5.56 Å². The van der Waals surface area contributed by atoms with Crippen LogP contribution in [-0.2, 0) is 0 Å². The van der Waals surface area contributed by atoms with Crippen molar-refractivity contribution in [3.63, 3.8) is 0 Å².